The SMILES string of the molecule is C.C.C.CC[C@]12CC[C@@](C)(O)C[C@@H]1CC[C@H]1[C@@H]3CC[C@H](C(=O)CBr)[C@@]3(C)CC[C@@H]12.CC[C@]12CC[C@@](C)(O)C[C@@H]1CC[C@H]1[C@@H]3CC[C@H](C(=O)Cn4nc5ccc(OC)cc5n4)[C@@]3(C)CC[C@@H]12.CC[C@]12CC[C@@](C)(O)C[C@@H]1CC[C@H]1[C@@H]3CC[C@H](C(=O)Cn4nnc5ccc(OC)cc54)[C@@]3(C)CC[C@@H]12. The van der Waals surface area contributed by atoms with E-state index in [0.29, 0.717) is 75.1 Å². The second kappa shape index (κ2) is 29.1. The number of aromatic nitrogens is 6. The van der Waals surface area contributed by atoms with Crippen LogP contribution in [-0.4, -0.2) is 99.0 Å². The summed E-state index contributed by atoms with van der Waals surface area (Å²) in [6.45, 7) is 21.2. The molecule has 101 heavy (non-hydrogen) atoms. The molecule has 12 aliphatic carbocycles. The van der Waals surface area contributed by atoms with Crippen LogP contribution in [0.3, 0.4) is 0 Å². The van der Waals surface area contributed by atoms with Gasteiger partial charge >= 0.3 is 0 Å². The molecule has 564 valence electrons. The summed E-state index contributed by atoms with van der Waals surface area (Å²) in [5, 5.41) is 50.7. The van der Waals surface area contributed by atoms with Gasteiger partial charge in [0.25, 0.3) is 0 Å². The minimum Gasteiger partial charge on any atom is -0.497 e. The van der Waals surface area contributed by atoms with Gasteiger partial charge in [-0.25, -0.2) is 4.68 Å². The zero-order chi connectivity index (χ0) is 69.3. The van der Waals surface area contributed by atoms with Crippen LogP contribution in [0.25, 0.3) is 22.1 Å². The number of hydrogen-bond donors (Lipinski definition) is 3. The van der Waals surface area contributed by atoms with Crippen LogP contribution in [-0.2, 0) is 27.5 Å². The van der Waals surface area contributed by atoms with E-state index in [1.807, 2.05) is 36.4 Å². The fourth-order valence-electron chi connectivity index (χ4n) is 28.3. The van der Waals surface area contributed by atoms with Gasteiger partial charge in [-0.1, -0.05) is 85.0 Å². The van der Waals surface area contributed by atoms with E-state index < -0.39 is 16.8 Å². The van der Waals surface area contributed by atoms with Crippen molar-refractivity contribution < 1.29 is 39.2 Å². The largest absolute Gasteiger partial charge is 0.497 e. The smallest absolute Gasteiger partial charge is 0.159 e. The Balaban J connectivity index is 0.000000152. The van der Waals surface area contributed by atoms with Crippen molar-refractivity contribution in [3.63, 3.8) is 0 Å². The number of nitrogens with zero attached hydrogens (tertiary/aromatic N) is 6. The van der Waals surface area contributed by atoms with E-state index in [0.717, 1.165) is 146 Å². The summed E-state index contributed by atoms with van der Waals surface area (Å²) in [5.41, 5.74) is 3.50. The Morgan fingerprint density at radius 3 is 1.23 bits per heavy atom. The van der Waals surface area contributed by atoms with Crippen LogP contribution in [0.4, 0.5) is 0 Å². The normalized spacial score (nSPS) is 43.7. The van der Waals surface area contributed by atoms with E-state index in [9.17, 15) is 29.7 Å². The minimum absolute atomic E-state index is 0. The molecule has 15 heteroatoms. The fourth-order valence-corrected chi connectivity index (χ4v) is 28.7. The number of alkyl halides is 1. The summed E-state index contributed by atoms with van der Waals surface area (Å²) in [6.07, 6.45) is 35.0. The van der Waals surface area contributed by atoms with Crippen molar-refractivity contribution in [2.45, 2.75) is 307 Å². The van der Waals surface area contributed by atoms with E-state index in [1.165, 1.54) is 122 Å². The second-order valence-corrected chi connectivity index (χ2v) is 37.6. The van der Waals surface area contributed by atoms with Crippen LogP contribution in [0, 0.1) is 121 Å². The maximum absolute atomic E-state index is 13.8. The lowest BCUT2D eigenvalue weighted by Crippen LogP contribution is -2.56. The van der Waals surface area contributed by atoms with Crippen molar-refractivity contribution in [3.05, 3.63) is 36.4 Å². The third-order valence-corrected chi connectivity index (χ3v) is 33.7. The molecule has 3 N–H and O–H groups in total. The van der Waals surface area contributed by atoms with Crippen LogP contribution in [0.5, 0.6) is 11.5 Å². The van der Waals surface area contributed by atoms with Crippen molar-refractivity contribution in [2.24, 2.45) is 121 Å². The van der Waals surface area contributed by atoms with Crippen LogP contribution < -0.4 is 9.47 Å². The summed E-state index contributed by atoms with van der Waals surface area (Å²) in [7, 11) is 3.30. The van der Waals surface area contributed by atoms with Crippen molar-refractivity contribution >= 4 is 55.3 Å². The van der Waals surface area contributed by atoms with Gasteiger partial charge in [0.15, 0.2) is 11.6 Å². The summed E-state index contributed by atoms with van der Waals surface area (Å²) in [5.74, 6) is 11.8. The molecule has 12 fully saturated rings. The lowest BCUT2D eigenvalue weighted by molar-refractivity contribution is -0.158. The maximum Gasteiger partial charge on any atom is 0.159 e. The standard InChI is InChI=1S/2C30H43N3O3.C23H37BrO2.3CH4/c1-5-30-15-14-28(2,35)17-19(30)6-8-21-22-9-10-24(29(22,3)13-12-23(21)30)27(34)18-33-26-16-20(36-4)7-11-25(26)31-32-33;1-5-30-15-14-28(2,35)17-19(30)6-8-21-22-9-10-24(29(22,3)13-12-23(21)30)27(34)18-33-31-25-11-7-20(36-4)16-26(25)32-33;1-4-23-12-11-21(2,26)13-15(23)5-6-16-17-7-8-19(20(25)14-24)22(17,3)10-9-18(16)23;;;/h2*7,11,16,19,21-24,35H,5-6,8-10,12-15,17-18H2,1-4H3;15-19,26H,4-14H2,1-3H3;3*1H4/t2*19-,21-,22-,23-,24+,28+,29-,30-;15-,16-,17-,18-,19+,21+,22-,23-;;;/m000.../s1. The number of fused-ring (bicyclic) bond motifs is 17. The van der Waals surface area contributed by atoms with Gasteiger partial charge < -0.3 is 24.8 Å². The lowest BCUT2D eigenvalue weighted by Gasteiger charge is -2.63. The quantitative estimate of drug-likeness (QED) is 0.108. The topological polar surface area (TPSA) is 192 Å². The van der Waals surface area contributed by atoms with Crippen molar-refractivity contribution in [2.75, 3.05) is 19.5 Å². The van der Waals surface area contributed by atoms with E-state index in [2.05, 4.69) is 98.8 Å². The molecule has 4 aromatic rings. The fraction of sp³-hybridized carbons (Fsp3) is 0.826. The van der Waals surface area contributed by atoms with Crippen LogP contribution in [0.15, 0.2) is 36.4 Å². The number of benzene rings is 2. The van der Waals surface area contributed by atoms with Gasteiger partial charge in [-0.05, 0) is 341 Å². The average molecular weight is 1460 g/mol. The van der Waals surface area contributed by atoms with Crippen LogP contribution in [0.2, 0.25) is 0 Å². The highest BCUT2D eigenvalue weighted by Crippen LogP contribution is 2.73. The number of rotatable bonds is 13. The Hall–Kier alpha value is -3.79. The van der Waals surface area contributed by atoms with Gasteiger partial charge in [0.05, 0.1) is 41.9 Å². The zero-order valence-electron chi connectivity index (χ0n) is 61.9. The Kier molecular flexibility index (Phi) is 22.5. The van der Waals surface area contributed by atoms with E-state index in [4.69, 9.17) is 9.47 Å². The number of hydrogen-bond acceptors (Lipinski definition) is 12. The number of carbonyl (C=O) groups excluding carboxylic acids is 3. The lowest BCUT2D eigenvalue weighted by atomic mass is 9.42. The van der Waals surface area contributed by atoms with E-state index in [-0.39, 0.29) is 62.8 Å². The number of Topliss-reactive ketones (excluding diaryl/α,β-unsaturated/α-hetero) is 3. The summed E-state index contributed by atoms with van der Waals surface area (Å²) >= 11 is 3.44. The zero-order valence-corrected chi connectivity index (χ0v) is 63.5. The number of methoxy groups -OCH3 is 2. The molecule has 2 heterocycles. The number of ketones is 3. The van der Waals surface area contributed by atoms with Gasteiger partial charge in [-0.3, -0.25) is 14.4 Å². The summed E-state index contributed by atoms with van der Waals surface area (Å²) < 4.78 is 12.5. The van der Waals surface area contributed by atoms with Gasteiger partial charge in [-0.15, -0.1) is 5.10 Å². The molecule has 2 aromatic heterocycles. The molecule has 24 atom stereocenters. The van der Waals surface area contributed by atoms with Crippen molar-refractivity contribution in [3.8, 4) is 11.5 Å². The molecule has 16 rings (SSSR count). The molecule has 0 spiro atoms. The second-order valence-electron chi connectivity index (χ2n) is 37.1. The molecule has 0 radical (unpaired) electrons. The Morgan fingerprint density at radius 2 is 0.832 bits per heavy atom. The van der Waals surface area contributed by atoms with Crippen LogP contribution in [0.1, 0.15) is 277 Å². The number of ether oxygens (including phenoxy) is 2. The molecule has 12 aliphatic rings. The maximum atomic E-state index is 13.8. The molecule has 0 amide bonds. The molecule has 0 saturated heterocycles. The Morgan fingerprint density at radius 1 is 0.455 bits per heavy atom. The van der Waals surface area contributed by atoms with Crippen molar-refractivity contribution in [1.29, 1.82) is 0 Å². The predicted molar refractivity (Wildman–Crippen MR) is 409 cm³/mol. The van der Waals surface area contributed by atoms with Crippen molar-refractivity contribution in [1.82, 2.24) is 30.0 Å². The molecular weight excluding hydrogens is 1320 g/mol. The third kappa shape index (κ3) is 13.2. The average Bonchev–Trinajstić information content (AvgIpc) is 1.71. The number of carbonyl (C=O) groups is 3. The molecule has 14 nitrogen and oxygen atoms in total. The first-order valence-electron chi connectivity index (χ1n) is 39.7. The molecule has 12 saturated carbocycles. The Labute approximate surface area is 616 Å². The van der Waals surface area contributed by atoms with Gasteiger partial charge in [0.1, 0.15) is 46.9 Å². The summed E-state index contributed by atoms with van der Waals surface area (Å²) in [6, 6.07) is 11.4. The third-order valence-electron chi connectivity index (χ3n) is 33.2. The highest BCUT2D eigenvalue weighted by molar-refractivity contribution is 9.09. The van der Waals surface area contributed by atoms with Gasteiger partial charge in [0.2, 0.25) is 0 Å². The van der Waals surface area contributed by atoms with Gasteiger partial charge in [0, 0.05) is 29.9 Å². The highest BCUT2D eigenvalue weighted by atomic mass is 79.9. The first kappa shape index (κ1) is 78.3. The molecular formula is C86H135BrN6O8. The molecule has 0 aliphatic heterocycles. The molecule has 0 bridgehead atoms. The minimum atomic E-state index is -0.486. The van der Waals surface area contributed by atoms with E-state index in [1.54, 1.807) is 23.7 Å². The predicted octanol–water partition coefficient (Wildman–Crippen LogP) is 19.3. The van der Waals surface area contributed by atoms with Gasteiger partial charge in [-0.2, -0.15) is 15.0 Å². The number of halogens is 1. The highest BCUT2D eigenvalue weighted by Gasteiger charge is 2.66. The van der Waals surface area contributed by atoms with E-state index >= 15 is 0 Å². The summed E-state index contributed by atoms with van der Waals surface area (Å²) in [4.78, 5) is 41.7. The molecule has 2 aromatic carbocycles. The molecule has 0 unspecified atom stereocenters. The van der Waals surface area contributed by atoms with Crippen LogP contribution >= 0.6 is 15.9 Å². The first-order chi connectivity index (χ1) is 46.7. The monoisotopic (exact) mass is 1460 g/mol. The Bertz CT molecular complexity index is 3590. The first-order valence-corrected chi connectivity index (χ1v) is 40.9. The number of aliphatic hydroxyl groups is 3.